The van der Waals surface area contributed by atoms with Gasteiger partial charge in [-0.15, -0.1) is 0 Å². The Kier molecular flexibility index (Phi) is 3.05. The monoisotopic (exact) mass is 316 g/mol. The highest BCUT2D eigenvalue weighted by Gasteiger charge is 2.10. The first-order valence-corrected chi connectivity index (χ1v) is 7.63. The predicted molar refractivity (Wildman–Crippen MR) is 81.6 cm³/mol. The first-order valence-electron chi connectivity index (χ1n) is 6.26. The van der Waals surface area contributed by atoms with Crippen LogP contribution in [-0.2, 0) is 5.75 Å². The van der Waals surface area contributed by atoms with Gasteiger partial charge in [-0.25, -0.2) is 9.50 Å². The van der Waals surface area contributed by atoms with Gasteiger partial charge in [0.2, 0.25) is 0 Å². The largest absolute Gasteiger partial charge is 0.364 e. The zero-order valence-corrected chi connectivity index (χ0v) is 12.3. The molecule has 0 unspecified atom stereocenters. The van der Waals surface area contributed by atoms with Gasteiger partial charge in [0.05, 0.1) is 22.9 Å². The van der Waals surface area contributed by atoms with Gasteiger partial charge >= 0.3 is 0 Å². The van der Waals surface area contributed by atoms with Gasteiger partial charge in [-0.1, -0.05) is 28.5 Å². The second-order valence-electron chi connectivity index (χ2n) is 4.46. The molecule has 0 aliphatic heterocycles. The second-order valence-corrected chi connectivity index (χ2v) is 5.84. The molecule has 3 heterocycles. The van der Waals surface area contributed by atoms with Crippen molar-refractivity contribution >= 4 is 39.8 Å². The maximum Gasteiger partial charge on any atom is 0.190 e. The van der Waals surface area contributed by atoms with Gasteiger partial charge < -0.3 is 4.52 Å². The van der Waals surface area contributed by atoms with Gasteiger partial charge in [0.15, 0.2) is 5.16 Å². The predicted octanol–water partition coefficient (Wildman–Crippen LogP) is 3.82. The molecule has 0 amide bonds. The van der Waals surface area contributed by atoms with E-state index in [1.807, 2.05) is 34.8 Å². The molecular formula is C14H9ClN4OS. The summed E-state index contributed by atoms with van der Waals surface area (Å²) in [5.74, 6) is 0.671. The van der Waals surface area contributed by atoms with Crippen molar-refractivity contribution in [2.75, 3.05) is 0 Å². The van der Waals surface area contributed by atoms with Crippen molar-refractivity contribution in [3.8, 4) is 0 Å². The van der Waals surface area contributed by atoms with Gasteiger partial charge in [-0.2, -0.15) is 5.10 Å². The zero-order valence-electron chi connectivity index (χ0n) is 10.7. The Bertz CT molecular complexity index is 919. The molecule has 5 nitrogen and oxygen atoms in total. The van der Waals surface area contributed by atoms with E-state index >= 15 is 0 Å². The summed E-state index contributed by atoms with van der Waals surface area (Å²) in [6.07, 6.45) is 3.33. The maximum absolute atomic E-state index is 6.06. The van der Waals surface area contributed by atoms with Crippen molar-refractivity contribution in [3.05, 3.63) is 53.5 Å². The van der Waals surface area contributed by atoms with Crippen LogP contribution in [0.4, 0.5) is 0 Å². The summed E-state index contributed by atoms with van der Waals surface area (Å²) >= 11 is 7.62. The first-order chi connectivity index (χ1) is 10.3. The fourth-order valence-electron chi connectivity index (χ4n) is 2.17. The topological polar surface area (TPSA) is 56.2 Å². The van der Waals surface area contributed by atoms with Gasteiger partial charge in [-0.05, 0) is 24.3 Å². The van der Waals surface area contributed by atoms with Crippen LogP contribution in [0.1, 0.15) is 5.69 Å². The lowest BCUT2D eigenvalue weighted by Crippen LogP contribution is -1.98. The van der Waals surface area contributed by atoms with Crippen molar-refractivity contribution in [2.45, 2.75) is 10.9 Å². The third kappa shape index (κ3) is 2.26. The Balaban J connectivity index is 1.83. The average molecular weight is 317 g/mol. The van der Waals surface area contributed by atoms with E-state index < -0.39 is 0 Å². The van der Waals surface area contributed by atoms with E-state index in [1.54, 1.807) is 24.2 Å². The highest BCUT2D eigenvalue weighted by Crippen LogP contribution is 2.27. The quantitative estimate of drug-likeness (QED) is 0.425. The lowest BCUT2D eigenvalue weighted by atomic mass is 10.2. The van der Waals surface area contributed by atoms with Crippen LogP contribution in [0.15, 0.2) is 52.5 Å². The minimum atomic E-state index is 0.671. The molecule has 0 atom stereocenters. The van der Waals surface area contributed by atoms with Crippen LogP contribution in [0.2, 0.25) is 5.02 Å². The summed E-state index contributed by atoms with van der Waals surface area (Å²) in [7, 11) is 0. The summed E-state index contributed by atoms with van der Waals surface area (Å²) in [6.45, 7) is 0. The average Bonchev–Trinajstić information content (AvgIpc) is 3.15. The molecule has 3 aromatic heterocycles. The van der Waals surface area contributed by atoms with Gasteiger partial charge in [0, 0.05) is 22.2 Å². The van der Waals surface area contributed by atoms with Gasteiger partial charge in [0.1, 0.15) is 6.26 Å². The Morgan fingerprint density at radius 3 is 3.05 bits per heavy atom. The number of thioether (sulfide) groups is 1. The molecule has 7 heteroatoms. The fraction of sp³-hybridized carbons (Fsp3) is 0.0714. The molecule has 21 heavy (non-hydrogen) atoms. The van der Waals surface area contributed by atoms with E-state index in [9.17, 15) is 0 Å². The number of benzene rings is 1. The Labute approximate surface area is 128 Å². The van der Waals surface area contributed by atoms with Crippen molar-refractivity contribution < 1.29 is 4.52 Å². The molecule has 4 aromatic rings. The van der Waals surface area contributed by atoms with Crippen LogP contribution in [0, 0.1) is 0 Å². The van der Waals surface area contributed by atoms with Crippen molar-refractivity contribution in [3.63, 3.8) is 0 Å². The van der Waals surface area contributed by atoms with Gasteiger partial charge in [0.25, 0.3) is 0 Å². The van der Waals surface area contributed by atoms with E-state index in [0.29, 0.717) is 10.8 Å². The molecule has 0 N–H and O–H groups in total. The maximum atomic E-state index is 6.06. The number of rotatable bonds is 3. The third-order valence-electron chi connectivity index (χ3n) is 3.12. The molecule has 0 aliphatic rings. The minimum Gasteiger partial charge on any atom is -0.364 e. The molecule has 0 fully saturated rings. The molecule has 0 saturated carbocycles. The van der Waals surface area contributed by atoms with Crippen LogP contribution in [0.25, 0.3) is 16.4 Å². The van der Waals surface area contributed by atoms with Crippen molar-refractivity contribution in [2.24, 2.45) is 0 Å². The summed E-state index contributed by atoms with van der Waals surface area (Å²) in [4.78, 5) is 4.66. The normalized spacial score (nSPS) is 11.5. The molecule has 0 spiro atoms. The number of hydrogen-bond acceptors (Lipinski definition) is 5. The van der Waals surface area contributed by atoms with E-state index in [0.717, 1.165) is 27.3 Å². The highest BCUT2D eigenvalue weighted by atomic mass is 35.5. The molecular weight excluding hydrogens is 308 g/mol. The lowest BCUT2D eigenvalue weighted by Gasteiger charge is -2.06. The summed E-state index contributed by atoms with van der Waals surface area (Å²) in [5.41, 5.74) is 2.74. The molecule has 4 rings (SSSR count). The van der Waals surface area contributed by atoms with E-state index in [-0.39, 0.29) is 0 Å². The Morgan fingerprint density at radius 2 is 2.19 bits per heavy atom. The second kappa shape index (κ2) is 5.05. The fourth-order valence-corrected chi connectivity index (χ4v) is 3.19. The van der Waals surface area contributed by atoms with Crippen LogP contribution < -0.4 is 0 Å². The van der Waals surface area contributed by atoms with E-state index in [2.05, 4.69) is 15.2 Å². The Morgan fingerprint density at radius 1 is 1.24 bits per heavy atom. The zero-order chi connectivity index (χ0) is 14.2. The molecule has 104 valence electrons. The number of nitrogens with zero attached hydrogens (tertiary/aromatic N) is 4. The number of hydrogen-bond donors (Lipinski definition) is 0. The van der Waals surface area contributed by atoms with Crippen molar-refractivity contribution in [1.29, 1.82) is 0 Å². The van der Waals surface area contributed by atoms with Gasteiger partial charge in [-0.3, -0.25) is 0 Å². The smallest absolute Gasteiger partial charge is 0.190 e. The van der Waals surface area contributed by atoms with Crippen LogP contribution >= 0.6 is 23.4 Å². The van der Waals surface area contributed by atoms with Crippen LogP contribution in [-0.4, -0.2) is 19.8 Å². The number of fused-ring (bicyclic) bond motifs is 3. The SMILES string of the molecule is Clc1ccc2c(c1)nc(SCc1ccon1)n1nccc21. The Hall–Kier alpha value is -2.05. The minimum absolute atomic E-state index is 0.671. The third-order valence-corrected chi connectivity index (χ3v) is 4.31. The molecule has 1 aromatic carbocycles. The summed E-state index contributed by atoms with van der Waals surface area (Å²) in [5, 5.41) is 10.8. The number of aromatic nitrogens is 4. The molecule has 0 aliphatic carbocycles. The molecule has 0 saturated heterocycles. The standard InChI is InChI=1S/C14H9ClN4OS/c15-9-1-2-11-12(7-9)17-14(19-13(11)3-5-16-19)21-8-10-4-6-20-18-10/h1-7H,8H2. The molecule has 0 bridgehead atoms. The van der Waals surface area contributed by atoms with E-state index in [4.69, 9.17) is 16.1 Å². The first kappa shape index (κ1) is 12.7. The van der Waals surface area contributed by atoms with Crippen LogP contribution in [0.3, 0.4) is 0 Å². The molecule has 0 radical (unpaired) electrons. The summed E-state index contributed by atoms with van der Waals surface area (Å²) in [6, 6.07) is 9.50. The van der Waals surface area contributed by atoms with Crippen LogP contribution in [0.5, 0.6) is 0 Å². The highest BCUT2D eigenvalue weighted by molar-refractivity contribution is 7.98. The lowest BCUT2D eigenvalue weighted by molar-refractivity contribution is 0.414. The van der Waals surface area contributed by atoms with E-state index in [1.165, 1.54) is 0 Å². The number of halogens is 1. The summed E-state index contributed by atoms with van der Waals surface area (Å²) < 4.78 is 6.67. The van der Waals surface area contributed by atoms with Crippen molar-refractivity contribution in [1.82, 2.24) is 19.8 Å².